The maximum atomic E-state index is 13.5. The Kier molecular flexibility index (Phi) is 5.04. The highest BCUT2D eigenvalue weighted by molar-refractivity contribution is 7.98. The smallest absolute Gasteiger partial charge is 0.263 e. The van der Waals surface area contributed by atoms with Gasteiger partial charge in [-0.25, -0.2) is 4.39 Å². The first-order chi connectivity index (χ1) is 7.77. The predicted molar refractivity (Wildman–Crippen MR) is 67.5 cm³/mol. The lowest BCUT2D eigenvalue weighted by Crippen LogP contribution is -2.10. The second kappa shape index (κ2) is 6.09. The van der Waals surface area contributed by atoms with Gasteiger partial charge in [0, 0.05) is 6.54 Å². The van der Waals surface area contributed by atoms with Gasteiger partial charge in [-0.05, 0) is 23.5 Å². The molecule has 1 aromatic heterocycles. The average Bonchev–Trinajstić information content (AvgIpc) is 2.70. The molecule has 0 spiro atoms. The molecule has 0 unspecified atom stereocenters. The number of nitrogens with two attached hydrogens (primary N) is 1. The van der Waals surface area contributed by atoms with Gasteiger partial charge >= 0.3 is 0 Å². The van der Waals surface area contributed by atoms with E-state index in [4.69, 9.17) is 15.0 Å². The largest absolute Gasteiger partial charge is 0.474 e. The minimum Gasteiger partial charge on any atom is -0.474 e. The van der Waals surface area contributed by atoms with E-state index in [1.54, 1.807) is 6.26 Å². The molecule has 1 aromatic carbocycles. The van der Waals surface area contributed by atoms with E-state index in [1.165, 1.54) is 23.9 Å². The Labute approximate surface area is 108 Å². The van der Waals surface area contributed by atoms with Gasteiger partial charge in [0.2, 0.25) is 0 Å². The first kappa shape index (κ1) is 14.1. The highest BCUT2D eigenvalue weighted by atomic mass is 35.5. The van der Waals surface area contributed by atoms with Gasteiger partial charge in [0.15, 0.2) is 5.58 Å². The van der Waals surface area contributed by atoms with E-state index in [0.717, 1.165) is 0 Å². The zero-order valence-electron chi connectivity index (χ0n) is 9.10. The number of halogens is 2. The van der Waals surface area contributed by atoms with Crippen LogP contribution in [0.15, 0.2) is 21.6 Å². The Balaban J connectivity index is 0.00000144. The average molecular weight is 279 g/mol. The zero-order chi connectivity index (χ0) is 11.5. The number of nitrogens with zero attached hydrogens (tertiary/aromatic N) is 1. The van der Waals surface area contributed by atoms with Crippen LogP contribution in [0.25, 0.3) is 11.0 Å². The number of fused-ring (bicyclic) bond motifs is 1. The van der Waals surface area contributed by atoms with E-state index in [-0.39, 0.29) is 18.2 Å². The minimum absolute atomic E-state index is 0. The summed E-state index contributed by atoms with van der Waals surface area (Å²) in [5, 5.41) is 4.32. The van der Waals surface area contributed by atoms with E-state index in [0.29, 0.717) is 34.9 Å². The lowest BCUT2D eigenvalue weighted by Gasteiger charge is -2.03. The van der Waals surface area contributed by atoms with Gasteiger partial charge in [0.1, 0.15) is 17.8 Å². The van der Waals surface area contributed by atoms with Crippen LogP contribution in [0.5, 0.6) is 5.88 Å². The third kappa shape index (κ3) is 2.65. The van der Waals surface area contributed by atoms with Crippen molar-refractivity contribution < 1.29 is 13.7 Å². The van der Waals surface area contributed by atoms with Crippen LogP contribution in [0.2, 0.25) is 0 Å². The summed E-state index contributed by atoms with van der Waals surface area (Å²) in [5.74, 6) is -0.00917. The van der Waals surface area contributed by atoms with Crippen molar-refractivity contribution in [2.45, 2.75) is 4.90 Å². The second-order valence-corrected chi connectivity index (χ2v) is 3.90. The molecule has 0 atom stereocenters. The maximum absolute atomic E-state index is 13.5. The molecule has 0 aliphatic rings. The van der Waals surface area contributed by atoms with Gasteiger partial charge < -0.3 is 15.0 Å². The maximum Gasteiger partial charge on any atom is 0.263 e. The number of hydrogen-bond donors (Lipinski definition) is 1. The summed E-state index contributed by atoms with van der Waals surface area (Å²) in [6.07, 6.45) is 1.79. The first-order valence-electron chi connectivity index (χ1n) is 4.72. The molecule has 0 bridgehead atoms. The molecule has 2 rings (SSSR count). The van der Waals surface area contributed by atoms with E-state index in [1.807, 2.05) is 0 Å². The molecule has 0 radical (unpaired) electrons. The molecule has 7 heteroatoms. The molecule has 0 aliphatic carbocycles. The molecule has 0 saturated heterocycles. The fourth-order valence-electron chi connectivity index (χ4n) is 1.41. The predicted octanol–water partition coefficient (Wildman–Crippen LogP) is 2.45. The quantitative estimate of drug-likeness (QED) is 0.871. The molecular formula is C10H12ClFN2O2S. The van der Waals surface area contributed by atoms with Gasteiger partial charge in [0.05, 0.1) is 4.90 Å². The molecule has 0 saturated carbocycles. The molecular weight excluding hydrogens is 267 g/mol. The van der Waals surface area contributed by atoms with Crippen LogP contribution in [-0.2, 0) is 0 Å². The van der Waals surface area contributed by atoms with Crippen LogP contribution in [-0.4, -0.2) is 24.6 Å². The Morgan fingerprint density at radius 2 is 2.29 bits per heavy atom. The topological polar surface area (TPSA) is 61.3 Å². The fourth-order valence-corrected chi connectivity index (χ4v) is 2.06. The Morgan fingerprint density at radius 3 is 2.94 bits per heavy atom. The van der Waals surface area contributed by atoms with Crippen LogP contribution >= 0.6 is 24.2 Å². The van der Waals surface area contributed by atoms with Crippen molar-refractivity contribution in [1.29, 1.82) is 0 Å². The number of aromatic nitrogens is 1. The third-order valence-corrected chi connectivity index (χ3v) is 2.88. The third-order valence-electron chi connectivity index (χ3n) is 2.07. The molecule has 4 nitrogen and oxygen atoms in total. The van der Waals surface area contributed by atoms with E-state index in [2.05, 4.69) is 5.16 Å². The second-order valence-electron chi connectivity index (χ2n) is 3.08. The molecule has 2 aromatic rings. The Bertz CT molecular complexity index is 506. The summed E-state index contributed by atoms with van der Waals surface area (Å²) >= 11 is 1.29. The van der Waals surface area contributed by atoms with Gasteiger partial charge in [-0.15, -0.1) is 24.2 Å². The highest BCUT2D eigenvalue weighted by Gasteiger charge is 2.16. The van der Waals surface area contributed by atoms with E-state index < -0.39 is 0 Å². The van der Waals surface area contributed by atoms with Gasteiger partial charge in [-0.2, -0.15) is 0 Å². The van der Waals surface area contributed by atoms with Gasteiger partial charge in [-0.3, -0.25) is 0 Å². The van der Waals surface area contributed by atoms with Crippen molar-refractivity contribution in [3.05, 3.63) is 17.9 Å². The SMILES string of the molecule is CSc1c(F)ccc2onc(OCCN)c12.Cl. The highest BCUT2D eigenvalue weighted by Crippen LogP contribution is 2.35. The van der Waals surface area contributed by atoms with Crippen LogP contribution in [0.4, 0.5) is 4.39 Å². The van der Waals surface area contributed by atoms with Crippen molar-refractivity contribution in [3.8, 4) is 5.88 Å². The van der Waals surface area contributed by atoms with Crippen LogP contribution in [0, 0.1) is 5.82 Å². The molecule has 0 fully saturated rings. The number of hydrogen-bond acceptors (Lipinski definition) is 5. The molecule has 94 valence electrons. The Hall–Kier alpha value is -0.980. The van der Waals surface area contributed by atoms with Crippen LogP contribution < -0.4 is 10.5 Å². The molecule has 0 aliphatic heterocycles. The van der Waals surface area contributed by atoms with Crippen molar-refractivity contribution in [2.24, 2.45) is 5.73 Å². The van der Waals surface area contributed by atoms with E-state index >= 15 is 0 Å². The molecule has 0 amide bonds. The van der Waals surface area contributed by atoms with E-state index in [9.17, 15) is 4.39 Å². The zero-order valence-corrected chi connectivity index (χ0v) is 10.7. The molecule has 2 N–H and O–H groups in total. The van der Waals surface area contributed by atoms with Crippen molar-refractivity contribution in [1.82, 2.24) is 5.16 Å². The lowest BCUT2D eigenvalue weighted by atomic mass is 10.2. The van der Waals surface area contributed by atoms with Crippen molar-refractivity contribution >= 4 is 35.1 Å². The normalized spacial score (nSPS) is 10.3. The number of ether oxygens (including phenoxy) is 1. The summed E-state index contributed by atoms with van der Waals surface area (Å²) in [5.41, 5.74) is 5.84. The van der Waals surface area contributed by atoms with Crippen LogP contribution in [0.1, 0.15) is 0 Å². The first-order valence-corrected chi connectivity index (χ1v) is 5.95. The molecule has 1 heterocycles. The number of benzene rings is 1. The number of rotatable bonds is 4. The summed E-state index contributed by atoms with van der Waals surface area (Å²) in [6, 6.07) is 2.89. The standard InChI is InChI=1S/C10H11FN2O2S.ClH/c1-16-9-6(11)2-3-7-8(9)10(13-15-7)14-5-4-12;/h2-3H,4-5,12H2,1H3;1H. The lowest BCUT2D eigenvalue weighted by molar-refractivity contribution is 0.292. The summed E-state index contributed by atoms with van der Waals surface area (Å²) in [7, 11) is 0. The summed E-state index contributed by atoms with van der Waals surface area (Å²) in [4.78, 5) is 0.478. The fraction of sp³-hybridized carbons (Fsp3) is 0.300. The van der Waals surface area contributed by atoms with Crippen molar-refractivity contribution in [2.75, 3.05) is 19.4 Å². The summed E-state index contributed by atoms with van der Waals surface area (Å²) < 4.78 is 23.9. The van der Waals surface area contributed by atoms with Crippen molar-refractivity contribution in [3.63, 3.8) is 0 Å². The minimum atomic E-state index is -0.305. The van der Waals surface area contributed by atoms with Crippen LogP contribution in [0.3, 0.4) is 0 Å². The number of thioether (sulfide) groups is 1. The van der Waals surface area contributed by atoms with Gasteiger partial charge in [0.25, 0.3) is 5.88 Å². The summed E-state index contributed by atoms with van der Waals surface area (Å²) in [6.45, 7) is 0.699. The Morgan fingerprint density at radius 1 is 1.53 bits per heavy atom. The molecule has 17 heavy (non-hydrogen) atoms. The van der Waals surface area contributed by atoms with Gasteiger partial charge in [-0.1, -0.05) is 0 Å². The monoisotopic (exact) mass is 278 g/mol.